The van der Waals surface area contributed by atoms with Crippen molar-refractivity contribution in [2.45, 2.75) is 5.92 Å². The molecule has 0 aliphatic rings. The first kappa shape index (κ1) is 11.4. The average molecular weight is 246 g/mol. The van der Waals surface area contributed by atoms with Gasteiger partial charge in [0.15, 0.2) is 0 Å². The zero-order chi connectivity index (χ0) is 13.1. The predicted molar refractivity (Wildman–Crippen MR) is 76.9 cm³/mol. The van der Waals surface area contributed by atoms with Gasteiger partial charge in [0.2, 0.25) is 0 Å². The lowest BCUT2D eigenvalue weighted by Gasteiger charge is -2.15. The minimum absolute atomic E-state index is 0.178. The highest BCUT2D eigenvalue weighted by atomic mass is 14.7. The number of hydrogen-bond donors (Lipinski definition) is 2. The summed E-state index contributed by atoms with van der Waals surface area (Å²) in [6, 6.07) is 16.4. The van der Waals surface area contributed by atoms with Crippen LogP contribution in [0.3, 0.4) is 0 Å². The maximum atomic E-state index is 5.40. The molecule has 0 aliphatic carbocycles. The fourth-order valence-corrected chi connectivity index (χ4v) is 2.35. The summed E-state index contributed by atoms with van der Waals surface area (Å²) in [5.41, 5.74) is 4.44. The monoisotopic (exact) mass is 246 g/mol. The lowest BCUT2D eigenvalue weighted by molar-refractivity contribution is 0.897. The molecule has 2 nitrogen and oxygen atoms in total. The number of hydrogen-bond acceptors (Lipinski definition) is 0. The van der Waals surface area contributed by atoms with Crippen molar-refractivity contribution in [3.8, 4) is 12.3 Å². The van der Waals surface area contributed by atoms with E-state index in [1.54, 1.807) is 0 Å². The van der Waals surface area contributed by atoms with Crippen molar-refractivity contribution in [3.63, 3.8) is 0 Å². The zero-order valence-corrected chi connectivity index (χ0v) is 10.4. The van der Waals surface area contributed by atoms with Gasteiger partial charge in [0.25, 0.3) is 0 Å². The molecule has 0 unspecified atom stereocenters. The van der Waals surface area contributed by atoms with Gasteiger partial charge in [0.05, 0.1) is 5.92 Å². The van der Waals surface area contributed by atoms with E-state index in [0.29, 0.717) is 0 Å². The number of terminal acetylenes is 1. The van der Waals surface area contributed by atoms with Gasteiger partial charge in [-0.05, 0) is 42.0 Å². The lowest BCUT2D eigenvalue weighted by atomic mass is 9.92. The minimum atomic E-state index is 0.178. The van der Waals surface area contributed by atoms with E-state index in [-0.39, 0.29) is 5.92 Å². The number of rotatable bonds is 3. The molecule has 0 atom stereocenters. The van der Waals surface area contributed by atoms with Gasteiger partial charge in [-0.2, -0.15) is 0 Å². The average Bonchev–Trinajstić information content (AvgIpc) is 3.13. The smallest absolute Gasteiger partial charge is 0.0641 e. The Bertz CT molecular complexity index is 634. The molecule has 2 N–H and O–H groups in total. The minimum Gasteiger partial charge on any atom is -0.364 e. The van der Waals surface area contributed by atoms with Gasteiger partial charge in [0, 0.05) is 29.3 Å². The van der Waals surface area contributed by atoms with E-state index in [1.807, 2.05) is 36.7 Å². The van der Waals surface area contributed by atoms with Crippen molar-refractivity contribution < 1.29 is 0 Å². The molecular weight excluding hydrogens is 232 g/mol. The predicted octanol–water partition coefficient (Wildman–Crippen LogP) is 3.50. The molecule has 2 heteroatoms. The van der Waals surface area contributed by atoms with Crippen LogP contribution in [0.2, 0.25) is 0 Å². The Kier molecular flexibility index (Phi) is 2.96. The van der Waals surface area contributed by atoms with Crippen molar-refractivity contribution in [2.24, 2.45) is 0 Å². The van der Waals surface area contributed by atoms with Crippen LogP contribution >= 0.6 is 0 Å². The van der Waals surface area contributed by atoms with E-state index in [2.05, 4.69) is 40.2 Å². The van der Waals surface area contributed by atoms with Crippen LogP contribution in [0.4, 0.5) is 0 Å². The topological polar surface area (TPSA) is 31.6 Å². The molecule has 0 fully saturated rings. The molecule has 92 valence electrons. The number of aromatic nitrogens is 2. The Morgan fingerprint density at radius 2 is 1.42 bits per heavy atom. The van der Waals surface area contributed by atoms with Crippen LogP contribution in [0, 0.1) is 12.3 Å². The summed E-state index contributed by atoms with van der Waals surface area (Å²) >= 11 is 0. The molecule has 0 saturated carbocycles. The largest absolute Gasteiger partial charge is 0.364 e. The Morgan fingerprint density at radius 3 is 1.84 bits per heavy atom. The van der Waals surface area contributed by atoms with E-state index in [0.717, 1.165) is 17.0 Å². The van der Waals surface area contributed by atoms with Gasteiger partial charge < -0.3 is 9.97 Å². The van der Waals surface area contributed by atoms with Crippen LogP contribution in [0.5, 0.6) is 0 Å². The highest BCUT2D eigenvalue weighted by molar-refractivity contribution is 5.41. The first-order chi connectivity index (χ1) is 9.38. The van der Waals surface area contributed by atoms with Crippen molar-refractivity contribution in [3.05, 3.63) is 83.4 Å². The summed E-state index contributed by atoms with van der Waals surface area (Å²) in [5.74, 6) is 2.82. The van der Waals surface area contributed by atoms with Crippen LogP contribution in [-0.2, 0) is 0 Å². The Hall–Kier alpha value is -2.66. The summed E-state index contributed by atoms with van der Waals surface area (Å²) in [4.78, 5) is 6.58. The molecule has 3 rings (SSSR count). The Labute approximate surface area is 112 Å². The second-order valence-corrected chi connectivity index (χ2v) is 4.45. The molecule has 19 heavy (non-hydrogen) atoms. The summed E-state index contributed by atoms with van der Waals surface area (Å²) in [6.07, 6.45) is 9.29. The highest BCUT2D eigenvalue weighted by Crippen LogP contribution is 2.29. The van der Waals surface area contributed by atoms with Gasteiger partial charge in [0.1, 0.15) is 0 Å². The van der Waals surface area contributed by atoms with Crippen LogP contribution < -0.4 is 0 Å². The van der Waals surface area contributed by atoms with Crippen LogP contribution in [0.15, 0.2) is 60.9 Å². The third-order valence-electron chi connectivity index (χ3n) is 3.28. The maximum Gasteiger partial charge on any atom is 0.0641 e. The lowest BCUT2D eigenvalue weighted by Crippen LogP contribution is -2.04. The molecule has 0 amide bonds. The van der Waals surface area contributed by atoms with Gasteiger partial charge in [-0.15, -0.1) is 6.42 Å². The van der Waals surface area contributed by atoms with E-state index in [9.17, 15) is 0 Å². The SMILES string of the molecule is C#Cc1ccc(C(c2ccc[nH]2)c2ccc[nH]2)cc1. The number of aromatic amines is 2. The molecule has 1 aromatic carbocycles. The molecular formula is C17H14N2. The van der Waals surface area contributed by atoms with E-state index >= 15 is 0 Å². The molecule has 0 aliphatic heterocycles. The number of benzene rings is 1. The van der Waals surface area contributed by atoms with Crippen LogP contribution in [0.1, 0.15) is 28.4 Å². The van der Waals surface area contributed by atoms with Gasteiger partial charge >= 0.3 is 0 Å². The van der Waals surface area contributed by atoms with E-state index in [1.165, 1.54) is 5.56 Å². The first-order valence-electron chi connectivity index (χ1n) is 6.21. The van der Waals surface area contributed by atoms with Crippen LogP contribution in [-0.4, -0.2) is 9.97 Å². The van der Waals surface area contributed by atoms with Crippen molar-refractivity contribution >= 4 is 0 Å². The number of H-pyrrole nitrogens is 2. The Morgan fingerprint density at radius 1 is 0.842 bits per heavy atom. The molecule has 0 radical (unpaired) electrons. The van der Waals surface area contributed by atoms with Crippen molar-refractivity contribution in [2.75, 3.05) is 0 Å². The normalized spacial score (nSPS) is 10.5. The van der Waals surface area contributed by atoms with E-state index < -0.39 is 0 Å². The summed E-state index contributed by atoms with van der Waals surface area (Å²) in [5, 5.41) is 0. The van der Waals surface area contributed by atoms with Gasteiger partial charge in [-0.25, -0.2) is 0 Å². The van der Waals surface area contributed by atoms with Gasteiger partial charge in [-0.1, -0.05) is 18.1 Å². The molecule has 2 heterocycles. The third kappa shape index (κ3) is 2.19. The molecule has 0 bridgehead atoms. The van der Waals surface area contributed by atoms with Gasteiger partial charge in [-0.3, -0.25) is 0 Å². The maximum absolute atomic E-state index is 5.40. The highest BCUT2D eigenvalue weighted by Gasteiger charge is 2.17. The second kappa shape index (κ2) is 4.91. The summed E-state index contributed by atoms with van der Waals surface area (Å²) in [7, 11) is 0. The molecule has 0 saturated heterocycles. The van der Waals surface area contributed by atoms with Crippen LogP contribution in [0.25, 0.3) is 0 Å². The Balaban J connectivity index is 2.07. The van der Waals surface area contributed by atoms with E-state index in [4.69, 9.17) is 6.42 Å². The fraction of sp³-hybridized carbons (Fsp3) is 0.0588. The molecule has 2 aromatic heterocycles. The second-order valence-electron chi connectivity index (χ2n) is 4.45. The third-order valence-corrected chi connectivity index (χ3v) is 3.28. The quantitative estimate of drug-likeness (QED) is 0.663. The number of nitrogens with one attached hydrogen (secondary N) is 2. The summed E-state index contributed by atoms with van der Waals surface area (Å²) in [6.45, 7) is 0. The van der Waals surface area contributed by atoms with Crippen molar-refractivity contribution in [1.29, 1.82) is 0 Å². The zero-order valence-electron chi connectivity index (χ0n) is 10.4. The first-order valence-corrected chi connectivity index (χ1v) is 6.21. The standard InChI is InChI=1S/C17H14N2/c1-2-13-7-9-14(10-8-13)17(15-5-3-11-18-15)16-6-4-12-19-16/h1,3-12,17-19H. The molecule has 0 spiro atoms. The van der Waals surface area contributed by atoms with Crippen molar-refractivity contribution in [1.82, 2.24) is 9.97 Å². The molecule has 3 aromatic rings. The fourth-order valence-electron chi connectivity index (χ4n) is 2.35. The summed E-state index contributed by atoms with van der Waals surface area (Å²) < 4.78 is 0.